The minimum atomic E-state index is -3.27. The highest BCUT2D eigenvalue weighted by molar-refractivity contribution is 7.89. The second-order valence-corrected chi connectivity index (χ2v) is 7.33. The molecule has 1 aromatic rings. The Morgan fingerprint density at radius 1 is 1.50 bits per heavy atom. The molecule has 1 aliphatic heterocycles. The van der Waals surface area contributed by atoms with Crippen LogP contribution in [0.5, 0.6) is 0 Å². The van der Waals surface area contributed by atoms with Crippen LogP contribution >= 0.6 is 0 Å². The average molecular weight is 298 g/mol. The summed E-state index contributed by atoms with van der Waals surface area (Å²) in [7, 11) is -3.27. The Morgan fingerprint density at radius 3 is 2.95 bits per heavy atom. The number of rotatable bonds is 6. The first-order valence-electron chi connectivity index (χ1n) is 7.02. The lowest BCUT2D eigenvalue weighted by Gasteiger charge is -2.24. The minimum Gasteiger partial charge on any atom is -0.378 e. The molecule has 0 saturated carbocycles. The van der Waals surface area contributed by atoms with Crippen LogP contribution in [0.15, 0.2) is 24.5 Å². The molecule has 0 N–H and O–H groups in total. The van der Waals surface area contributed by atoms with Crippen molar-refractivity contribution in [3.05, 3.63) is 30.1 Å². The summed E-state index contributed by atoms with van der Waals surface area (Å²) in [5.74, 6) is 0.0436. The van der Waals surface area contributed by atoms with Crippen molar-refractivity contribution >= 4 is 10.0 Å². The molecule has 1 aromatic heterocycles. The highest BCUT2D eigenvalue weighted by atomic mass is 32.2. The molecule has 1 fully saturated rings. The zero-order valence-corrected chi connectivity index (χ0v) is 12.8. The average Bonchev–Trinajstić information content (AvgIpc) is 2.89. The Kier molecular flexibility index (Phi) is 5.12. The van der Waals surface area contributed by atoms with Gasteiger partial charge in [0.1, 0.15) is 0 Å². The van der Waals surface area contributed by atoms with Crippen molar-refractivity contribution < 1.29 is 13.2 Å². The summed E-state index contributed by atoms with van der Waals surface area (Å²) < 4.78 is 31.8. The van der Waals surface area contributed by atoms with E-state index in [9.17, 15) is 8.42 Å². The van der Waals surface area contributed by atoms with Crippen molar-refractivity contribution in [2.45, 2.75) is 38.8 Å². The molecule has 1 atom stereocenters. The molecule has 20 heavy (non-hydrogen) atoms. The first-order chi connectivity index (χ1) is 9.50. The molecule has 0 aromatic carbocycles. The molecule has 2 rings (SSSR count). The first kappa shape index (κ1) is 15.4. The number of sulfonamides is 1. The van der Waals surface area contributed by atoms with Crippen LogP contribution in [0.3, 0.4) is 0 Å². The van der Waals surface area contributed by atoms with E-state index in [0.717, 1.165) is 18.4 Å². The summed E-state index contributed by atoms with van der Waals surface area (Å²) in [4.78, 5) is 4.08. The molecule has 0 bridgehead atoms. The minimum absolute atomic E-state index is 0.0436. The molecule has 0 spiro atoms. The third-order valence-electron chi connectivity index (χ3n) is 3.42. The number of pyridine rings is 1. The number of hydrogen-bond donors (Lipinski definition) is 0. The number of ether oxygens (including phenoxy) is 1. The van der Waals surface area contributed by atoms with Gasteiger partial charge in [0.2, 0.25) is 10.0 Å². The fourth-order valence-corrected chi connectivity index (χ4v) is 4.05. The SMILES string of the molecule is CC(C)OCCS(=O)(=O)N1CCC[C@@H]1c1cccnc1. The summed E-state index contributed by atoms with van der Waals surface area (Å²) in [6, 6.07) is 3.71. The van der Waals surface area contributed by atoms with Crippen molar-refractivity contribution in [3.63, 3.8) is 0 Å². The van der Waals surface area contributed by atoms with E-state index < -0.39 is 10.0 Å². The summed E-state index contributed by atoms with van der Waals surface area (Å²) in [5.41, 5.74) is 0.971. The van der Waals surface area contributed by atoms with E-state index in [1.54, 1.807) is 16.7 Å². The Balaban J connectivity index is 2.06. The molecule has 0 aliphatic carbocycles. The summed E-state index contributed by atoms with van der Waals surface area (Å²) in [6.07, 6.45) is 5.26. The van der Waals surface area contributed by atoms with Crippen LogP contribution in [0, 0.1) is 0 Å². The molecule has 6 heteroatoms. The van der Waals surface area contributed by atoms with Crippen molar-refractivity contribution in [1.29, 1.82) is 0 Å². The third kappa shape index (κ3) is 3.77. The Morgan fingerprint density at radius 2 is 2.30 bits per heavy atom. The van der Waals surface area contributed by atoms with Crippen molar-refractivity contribution in [3.8, 4) is 0 Å². The van der Waals surface area contributed by atoms with E-state index in [1.165, 1.54) is 0 Å². The van der Waals surface area contributed by atoms with Crippen LogP contribution in [-0.2, 0) is 14.8 Å². The molecule has 0 radical (unpaired) electrons. The smallest absolute Gasteiger partial charge is 0.216 e. The summed E-state index contributed by atoms with van der Waals surface area (Å²) in [5, 5.41) is 0. The van der Waals surface area contributed by atoms with Gasteiger partial charge >= 0.3 is 0 Å². The topological polar surface area (TPSA) is 59.5 Å². The molecular formula is C14H22N2O3S. The zero-order valence-electron chi connectivity index (χ0n) is 12.0. The summed E-state index contributed by atoms with van der Waals surface area (Å²) >= 11 is 0. The van der Waals surface area contributed by atoms with Crippen molar-refractivity contribution in [1.82, 2.24) is 9.29 Å². The Bertz CT molecular complexity index is 516. The van der Waals surface area contributed by atoms with E-state index in [4.69, 9.17) is 4.74 Å². The normalized spacial score (nSPS) is 20.6. The predicted octanol–water partition coefficient (Wildman–Crippen LogP) is 1.97. The van der Waals surface area contributed by atoms with Crippen LogP contribution < -0.4 is 0 Å². The lowest BCUT2D eigenvalue weighted by Crippen LogP contribution is -2.34. The maximum absolute atomic E-state index is 12.4. The standard InChI is InChI=1S/C14H22N2O3S/c1-12(2)19-9-10-20(17,18)16-8-4-6-14(16)13-5-3-7-15-11-13/h3,5,7,11-12,14H,4,6,8-10H2,1-2H3/t14-/m1/s1. The lowest BCUT2D eigenvalue weighted by atomic mass is 10.1. The van der Waals surface area contributed by atoms with Crippen LogP contribution in [0.2, 0.25) is 0 Å². The molecule has 2 heterocycles. The maximum atomic E-state index is 12.4. The second kappa shape index (κ2) is 6.65. The molecule has 1 saturated heterocycles. The number of aromatic nitrogens is 1. The van der Waals surface area contributed by atoms with Gasteiger partial charge in [-0.05, 0) is 38.3 Å². The quantitative estimate of drug-likeness (QED) is 0.805. The number of hydrogen-bond acceptors (Lipinski definition) is 4. The van der Waals surface area contributed by atoms with E-state index in [0.29, 0.717) is 6.54 Å². The van der Waals surface area contributed by atoms with Gasteiger partial charge in [-0.1, -0.05) is 6.07 Å². The first-order valence-corrected chi connectivity index (χ1v) is 8.62. The van der Waals surface area contributed by atoms with Gasteiger partial charge in [-0.25, -0.2) is 8.42 Å². The van der Waals surface area contributed by atoms with Gasteiger partial charge in [-0.15, -0.1) is 0 Å². The second-order valence-electron chi connectivity index (χ2n) is 5.29. The zero-order chi connectivity index (χ0) is 14.6. The number of nitrogens with zero attached hydrogens (tertiary/aromatic N) is 2. The molecule has 0 unspecified atom stereocenters. The molecular weight excluding hydrogens is 276 g/mol. The predicted molar refractivity (Wildman–Crippen MR) is 77.8 cm³/mol. The highest BCUT2D eigenvalue weighted by Crippen LogP contribution is 2.33. The van der Waals surface area contributed by atoms with Crippen molar-refractivity contribution in [2.24, 2.45) is 0 Å². The monoisotopic (exact) mass is 298 g/mol. The maximum Gasteiger partial charge on any atom is 0.216 e. The highest BCUT2D eigenvalue weighted by Gasteiger charge is 2.34. The molecule has 5 nitrogen and oxygen atoms in total. The van der Waals surface area contributed by atoms with Crippen LogP contribution in [0.4, 0.5) is 0 Å². The van der Waals surface area contributed by atoms with Gasteiger partial charge < -0.3 is 4.74 Å². The van der Waals surface area contributed by atoms with E-state index in [2.05, 4.69) is 4.98 Å². The van der Waals surface area contributed by atoms with E-state index in [-0.39, 0.29) is 24.5 Å². The van der Waals surface area contributed by atoms with Crippen LogP contribution in [0.1, 0.15) is 38.3 Å². The molecule has 1 aliphatic rings. The fourth-order valence-electron chi connectivity index (χ4n) is 2.49. The molecule has 0 amide bonds. The lowest BCUT2D eigenvalue weighted by molar-refractivity contribution is 0.0906. The summed E-state index contributed by atoms with van der Waals surface area (Å²) in [6.45, 7) is 4.64. The Hall–Kier alpha value is -0.980. The van der Waals surface area contributed by atoms with Gasteiger partial charge in [-0.2, -0.15) is 4.31 Å². The van der Waals surface area contributed by atoms with E-state index in [1.807, 2.05) is 26.0 Å². The van der Waals surface area contributed by atoms with Gasteiger partial charge in [0.15, 0.2) is 0 Å². The molecule has 112 valence electrons. The third-order valence-corrected chi connectivity index (χ3v) is 5.26. The van der Waals surface area contributed by atoms with Gasteiger partial charge in [0, 0.05) is 18.9 Å². The van der Waals surface area contributed by atoms with Crippen LogP contribution in [0.25, 0.3) is 0 Å². The fraction of sp³-hybridized carbons (Fsp3) is 0.643. The van der Waals surface area contributed by atoms with Gasteiger partial charge in [-0.3, -0.25) is 4.98 Å². The van der Waals surface area contributed by atoms with Crippen LogP contribution in [-0.4, -0.2) is 42.7 Å². The van der Waals surface area contributed by atoms with Gasteiger partial charge in [0.25, 0.3) is 0 Å². The Labute approximate surface area is 121 Å². The largest absolute Gasteiger partial charge is 0.378 e. The van der Waals surface area contributed by atoms with Crippen molar-refractivity contribution in [2.75, 3.05) is 18.9 Å². The van der Waals surface area contributed by atoms with E-state index >= 15 is 0 Å². The van der Waals surface area contributed by atoms with Gasteiger partial charge in [0.05, 0.1) is 24.5 Å².